The minimum absolute atomic E-state index is 0.603. The zero-order valence-electron chi connectivity index (χ0n) is 30.5. The second-order valence-corrected chi connectivity index (χ2v) is 14.5. The summed E-state index contributed by atoms with van der Waals surface area (Å²) in [6.07, 6.45) is 2.02. The van der Waals surface area contributed by atoms with Crippen LogP contribution in [0.5, 0.6) is 0 Å². The van der Waals surface area contributed by atoms with Crippen LogP contribution in [-0.2, 0) is 0 Å². The summed E-state index contributed by atoms with van der Waals surface area (Å²) in [6, 6.07) is 61.4. The third-order valence-electron chi connectivity index (χ3n) is 11.2. The Hall–Kier alpha value is -7.83. The number of hydrogen-bond acceptors (Lipinski definition) is 5. The minimum Gasteiger partial charge on any atom is -0.284 e. The third-order valence-corrected chi connectivity index (χ3v) is 11.2. The Bertz CT molecular complexity index is 3450. The van der Waals surface area contributed by atoms with Crippen molar-refractivity contribution in [3.63, 3.8) is 0 Å². The van der Waals surface area contributed by atoms with Gasteiger partial charge in [0, 0.05) is 39.2 Å². The van der Waals surface area contributed by atoms with Crippen LogP contribution in [0.4, 0.5) is 0 Å². The molecule has 0 radical (unpaired) electrons. The van der Waals surface area contributed by atoms with E-state index in [9.17, 15) is 0 Å². The number of hydrogen-bond donors (Lipinski definition) is 0. The molecule has 4 aromatic heterocycles. The highest BCUT2D eigenvalue weighted by Crippen LogP contribution is 2.39. The van der Waals surface area contributed by atoms with Crippen LogP contribution < -0.4 is 0 Å². The Morgan fingerprint density at radius 1 is 0.333 bits per heavy atom. The molecule has 0 unspecified atom stereocenters. The normalized spacial score (nSPS) is 11.9. The Morgan fingerprint density at radius 2 is 0.807 bits per heavy atom. The molecule has 8 aromatic carbocycles. The average molecular weight is 727 g/mol. The van der Waals surface area contributed by atoms with Crippen molar-refractivity contribution in [2.24, 2.45) is 0 Å². The molecular formula is C51H30N6. The fourth-order valence-electron chi connectivity index (χ4n) is 8.55. The molecule has 0 fully saturated rings. The predicted octanol–water partition coefficient (Wildman–Crippen LogP) is 12.5. The van der Waals surface area contributed by atoms with E-state index in [0.717, 1.165) is 87.8 Å². The van der Waals surface area contributed by atoms with Gasteiger partial charge in [-0.3, -0.25) is 4.40 Å². The number of fused-ring (bicyclic) bond motifs is 11. The standard InChI is InChI=1S/C51H30N6/c1-3-15-35-33(13-1)29-43(39-19-7-5-17-37(35)39)49-54-48(55-50(56-49)44-30-34-14-2-4-16-36(34)38-18-6-8-20-40(38)44)32-26-24-31(25-27-32)46-41-21-9-10-22-42(41)47-51(53-46)57-28-12-11-23-45(57)52-47/h1-30H. The lowest BCUT2D eigenvalue weighted by Crippen LogP contribution is -2.01. The van der Waals surface area contributed by atoms with E-state index in [0.29, 0.717) is 17.5 Å². The molecule has 264 valence electrons. The van der Waals surface area contributed by atoms with E-state index in [-0.39, 0.29) is 0 Å². The summed E-state index contributed by atoms with van der Waals surface area (Å²) in [5.41, 5.74) is 7.32. The van der Waals surface area contributed by atoms with Gasteiger partial charge in [-0.2, -0.15) is 0 Å². The first-order valence-corrected chi connectivity index (χ1v) is 19.1. The molecule has 0 saturated carbocycles. The summed E-state index contributed by atoms with van der Waals surface area (Å²) in [4.78, 5) is 26.0. The van der Waals surface area contributed by atoms with Crippen LogP contribution in [0.3, 0.4) is 0 Å². The third kappa shape index (κ3) is 4.94. The van der Waals surface area contributed by atoms with Gasteiger partial charge < -0.3 is 0 Å². The predicted molar refractivity (Wildman–Crippen MR) is 233 cm³/mol. The van der Waals surface area contributed by atoms with Gasteiger partial charge in [0.2, 0.25) is 0 Å². The highest BCUT2D eigenvalue weighted by Gasteiger charge is 2.19. The fraction of sp³-hybridized carbons (Fsp3) is 0. The molecule has 0 aliphatic carbocycles. The van der Waals surface area contributed by atoms with Crippen LogP contribution in [0.2, 0.25) is 0 Å². The topological polar surface area (TPSA) is 68.9 Å². The van der Waals surface area contributed by atoms with Crippen molar-refractivity contribution in [1.29, 1.82) is 0 Å². The molecule has 0 aliphatic rings. The zero-order chi connectivity index (χ0) is 37.5. The van der Waals surface area contributed by atoms with Gasteiger partial charge in [-0.1, -0.05) is 152 Å². The lowest BCUT2D eigenvalue weighted by Gasteiger charge is -2.14. The Kier molecular flexibility index (Phi) is 6.83. The van der Waals surface area contributed by atoms with Gasteiger partial charge in [-0.15, -0.1) is 0 Å². The highest BCUT2D eigenvalue weighted by molar-refractivity contribution is 6.15. The summed E-state index contributed by atoms with van der Waals surface area (Å²) in [5.74, 6) is 1.86. The van der Waals surface area contributed by atoms with Crippen LogP contribution in [-0.4, -0.2) is 29.3 Å². The van der Waals surface area contributed by atoms with Crippen molar-refractivity contribution in [1.82, 2.24) is 29.3 Å². The molecule has 0 bridgehead atoms. The SMILES string of the molecule is c1ccc2c(c1)cc(-c1nc(-c3ccc(-c4nc5c(nc6ccccn65)c5ccccc45)cc3)nc(-c3cc4ccccc4c4ccccc34)n1)c1ccccc12. The van der Waals surface area contributed by atoms with Crippen molar-refractivity contribution in [3.05, 3.63) is 182 Å². The van der Waals surface area contributed by atoms with Crippen molar-refractivity contribution < 1.29 is 0 Å². The molecule has 0 amide bonds. The smallest absolute Gasteiger partial charge is 0.165 e. The summed E-state index contributed by atoms with van der Waals surface area (Å²) in [5, 5.41) is 11.3. The van der Waals surface area contributed by atoms with E-state index in [1.165, 1.54) is 10.8 Å². The number of benzene rings is 8. The maximum atomic E-state index is 5.32. The first-order chi connectivity index (χ1) is 28.2. The number of nitrogens with zero attached hydrogens (tertiary/aromatic N) is 6. The zero-order valence-corrected chi connectivity index (χ0v) is 30.5. The number of rotatable bonds is 4. The maximum absolute atomic E-state index is 5.32. The summed E-state index contributed by atoms with van der Waals surface area (Å²) >= 11 is 0. The van der Waals surface area contributed by atoms with E-state index in [1.807, 2.05) is 24.4 Å². The van der Waals surface area contributed by atoms with Crippen LogP contribution in [0, 0.1) is 0 Å². The second-order valence-electron chi connectivity index (χ2n) is 14.5. The van der Waals surface area contributed by atoms with E-state index in [1.54, 1.807) is 0 Å². The monoisotopic (exact) mass is 726 g/mol. The molecule has 57 heavy (non-hydrogen) atoms. The molecule has 0 aliphatic heterocycles. The van der Waals surface area contributed by atoms with Crippen molar-refractivity contribution in [2.45, 2.75) is 0 Å². The first-order valence-electron chi connectivity index (χ1n) is 19.1. The van der Waals surface area contributed by atoms with Gasteiger partial charge >= 0.3 is 0 Å². The van der Waals surface area contributed by atoms with E-state index in [4.69, 9.17) is 24.9 Å². The largest absolute Gasteiger partial charge is 0.284 e. The molecule has 0 saturated heterocycles. The quantitative estimate of drug-likeness (QED) is 0.169. The average Bonchev–Trinajstić information content (AvgIpc) is 3.67. The second kappa shape index (κ2) is 12.3. The molecule has 0 spiro atoms. The van der Waals surface area contributed by atoms with Crippen LogP contribution >= 0.6 is 0 Å². The molecule has 0 atom stereocenters. The number of pyridine rings is 2. The van der Waals surface area contributed by atoms with E-state index < -0.39 is 0 Å². The molecule has 6 heteroatoms. The number of imidazole rings is 1. The number of aromatic nitrogens is 6. The van der Waals surface area contributed by atoms with Gasteiger partial charge in [0.25, 0.3) is 0 Å². The summed E-state index contributed by atoms with van der Waals surface area (Å²) in [6.45, 7) is 0. The molecule has 12 aromatic rings. The van der Waals surface area contributed by atoms with Crippen LogP contribution in [0.15, 0.2) is 182 Å². The molecule has 0 N–H and O–H groups in total. The molecule has 6 nitrogen and oxygen atoms in total. The van der Waals surface area contributed by atoms with Crippen LogP contribution in [0.1, 0.15) is 0 Å². The lowest BCUT2D eigenvalue weighted by molar-refractivity contribution is 1.08. The van der Waals surface area contributed by atoms with E-state index in [2.05, 4.69) is 162 Å². The van der Waals surface area contributed by atoms with Gasteiger partial charge in [0.1, 0.15) is 11.2 Å². The van der Waals surface area contributed by atoms with Crippen molar-refractivity contribution in [2.75, 3.05) is 0 Å². The van der Waals surface area contributed by atoms with Gasteiger partial charge in [-0.05, 0) is 67.4 Å². The van der Waals surface area contributed by atoms with Gasteiger partial charge in [-0.25, -0.2) is 24.9 Å². The highest BCUT2D eigenvalue weighted by atomic mass is 15.1. The van der Waals surface area contributed by atoms with Crippen molar-refractivity contribution >= 4 is 70.7 Å². The fourth-order valence-corrected chi connectivity index (χ4v) is 8.55. The van der Waals surface area contributed by atoms with Crippen LogP contribution in [0.25, 0.3) is 116 Å². The summed E-state index contributed by atoms with van der Waals surface area (Å²) in [7, 11) is 0. The molecule has 4 heterocycles. The van der Waals surface area contributed by atoms with Gasteiger partial charge in [0.05, 0.1) is 5.69 Å². The summed E-state index contributed by atoms with van der Waals surface area (Å²) < 4.78 is 2.06. The van der Waals surface area contributed by atoms with E-state index >= 15 is 0 Å². The maximum Gasteiger partial charge on any atom is 0.165 e. The molecular weight excluding hydrogens is 697 g/mol. The van der Waals surface area contributed by atoms with Crippen molar-refractivity contribution in [3.8, 4) is 45.4 Å². The van der Waals surface area contributed by atoms with Gasteiger partial charge in [0.15, 0.2) is 23.1 Å². The minimum atomic E-state index is 0.603. The Morgan fingerprint density at radius 3 is 1.42 bits per heavy atom. The molecule has 12 rings (SSSR count). The Labute approximate surface area is 326 Å². The lowest BCUT2D eigenvalue weighted by atomic mass is 9.96. The first kappa shape index (κ1) is 31.5. The Balaban J connectivity index is 1.09.